The third-order valence-corrected chi connectivity index (χ3v) is 3.01. The summed E-state index contributed by atoms with van der Waals surface area (Å²) >= 11 is 0. The van der Waals surface area contributed by atoms with Gasteiger partial charge in [-0.1, -0.05) is 13.8 Å². The first kappa shape index (κ1) is 15.3. The summed E-state index contributed by atoms with van der Waals surface area (Å²) in [4.78, 5) is 13.3. The molecule has 0 aliphatic heterocycles. The second-order valence-corrected chi connectivity index (χ2v) is 4.11. The lowest BCUT2D eigenvalue weighted by atomic mass is 10.2. The van der Waals surface area contributed by atoms with E-state index in [2.05, 4.69) is 18.7 Å². The summed E-state index contributed by atoms with van der Waals surface area (Å²) in [6, 6.07) is 4.94. The van der Waals surface area contributed by atoms with Crippen LogP contribution in [0.15, 0.2) is 18.2 Å². The highest BCUT2D eigenvalue weighted by Crippen LogP contribution is 2.27. The molecule has 0 atom stereocenters. The van der Waals surface area contributed by atoms with Gasteiger partial charge >= 0.3 is 0 Å². The van der Waals surface area contributed by atoms with Crippen LogP contribution in [0.25, 0.3) is 0 Å². The zero-order valence-electron chi connectivity index (χ0n) is 11.8. The number of hydrogen-bond acceptors (Lipinski definition) is 4. The van der Waals surface area contributed by atoms with Gasteiger partial charge < -0.3 is 20.1 Å². The van der Waals surface area contributed by atoms with Gasteiger partial charge in [-0.05, 0) is 31.3 Å². The first-order chi connectivity index (χ1) is 9.12. The van der Waals surface area contributed by atoms with Gasteiger partial charge in [0, 0.05) is 12.1 Å². The molecule has 0 aliphatic rings. The molecule has 1 aromatic rings. The summed E-state index contributed by atoms with van der Waals surface area (Å²) < 4.78 is 10.9. The fourth-order valence-electron chi connectivity index (χ4n) is 1.76. The highest BCUT2D eigenvalue weighted by molar-refractivity contribution is 5.93. The number of nitrogens with two attached hydrogens (primary N) is 1. The van der Waals surface area contributed by atoms with E-state index in [0.717, 1.165) is 19.6 Å². The Morgan fingerprint density at radius 1 is 1.26 bits per heavy atom. The van der Waals surface area contributed by atoms with Crippen LogP contribution >= 0.6 is 0 Å². The minimum absolute atomic E-state index is 0.410. The fourth-order valence-corrected chi connectivity index (χ4v) is 1.76. The molecule has 0 radical (unpaired) electrons. The molecule has 1 aromatic carbocycles. The Kier molecular flexibility index (Phi) is 6.15. The van der Waals surface area contributed by atoms with Crippen molar-refractivity contribution in [3.8, 4) is 11.5 Å². The van der Waals surface area contributed by atoms with Gasteiger partial charge in [0.1, 0.15) is 6.61 Å². The van der Waals surface area contributed by atoms with Crippen LogP contribution in [0.2, 0.25) is 0 Å². The Labute approximate surface area is 114 Å². The van der Waals surface area contributed by atoms with Gasteiger partial charge in [-0.15, -0.1) is 0 Å². The fraction of sp³-hybridized carbons (Fsp3) is 0.500. The Bertz CT molecular complexity index is 417. The molecule has 19 heavy (non-hydrogen) atoms. The SMILES string of the molecule is CCN(CC)CCOc1ccc(C(N)=O)cc1OC. The summed E-state index contributed by atoms with van der Waals surface area (Å²) in [5.74, 6) is 0.670. The number of hydrogen-bond donors (Lipinski definition) is 1. The van der Waals surface area contributed by atoms with Crippen molar-refractivity contribution in [2.75, 3.05) is 33.4 Å². The predicted molar refractivity (Wildman–Crippen MR) is 74.8 cm³/mol. The van der Waals surface area contributed by atoms with E-state index in [1.807, 2.05) is 0 Å². The number of rotatable bonds is 8. The topological polar surface area (TPSA) is 64.8 Å². The number of amides is 1. The molecular weight excluding hydrogens is 244 g/mol. The molecule has 0 saturated carbocycles. The van der Waals surface area contributed by atoms with Crippen LogP contribution in [0, 0.1) is 0 Å². The molecule has 0 aromatic heterocycles. The van der Waals surface area contributed by atoms with Crippen molar-refractivity contribution in [2.24, 2.45) is 5.73 Å². The largest absolute Gasteiger partial charge is 0.493 e. The number of methoxy groups -OCH3 is 1. The van der Waals surface area contributed by atoms with Crippen molar-refractivity contribution in [3.63, 3.8) is 0 Å². The number of primary amides is 1. The van der Waals surface area contributed by atoms with Gasteiger partial charge in [0.25, 0.3) is 0 Å². The quantitative estimate of drug-likeness (QED) is 0.774. The molecule has 0 bridgehead atoms. The van der Waals surface area contributed by atoms with Crippen LogP contribution in [0.3, 0.4) is 0 Å². The number of nitrogens with zero attached hydrogens (tertiary/aromatic N) is 1. The molecular formula is C14H22N2O3. The maximum Gasteiger partial charge on any atom is 0.248 e. The number of benzene rings is 1. The molecule has 5 nitrogen and oxygen atoms in total. The van der Waals surface area contributed by atoms with E-state index >= 15 is 0 Å². The minimum atomic E-state index is -0.479. The lowest BCUT2D eigenvalue weighted by Crippen LogP contribution is -2.28. The zero-order valence-corrected chi connectivity index (χ0v) is 11.8. The van der Waals surface area contributed by atoms with Crippen LogP contribution in [0.1, 0.15) is 24.2 Å². The first-order valence-electron chi connectivity index (χ1n) is 6.45. The Hall–Kier alpha value is -1.75. The summed E-state index contributed by atoms with van der Waals surface area (Å²) in [6.45, 7) is 7.66. The van der Waals surface area contributed by atoms with Crippen molar-refractivity contribution < 1.29 is 14.3 Å². The van der Waals surface area contributed by atoms with Crippen molar-refractivity contribution in [3.05, 3.63) is 23.8 Å². The third kappa shape index (κ3) is 4.44. The molecule has 5 heteroatoms. The molecule has 0 saturated heterocycles. The van der Waals surface area contributed by atoms with E-state index in [9.17, 15) is 4.79 Å². The van der Waals surface area contributed by atoms with Crippen molar-refractivity contribution in [1.29, 1.82) is 0 Å². The third-order valence-electron chi connectivity index (χ3n) is 3.01. The van der Waals surface area contributed by atoms with Gasteiger partial charge in [-0.3, -0.25) is 4.79 Å². The van der Waals surface area contributed by atoms with E-state index in [4.69, 9.17) is 15.2 Å². The van der Waals surface area contributed by atoms with Crippen LogP contribution < -0.4 is 15.2 Å². The Morgan fingerprint density at radius 3 is 2.47 bits per heavy atom. The number of carbonyl (C=O) groups excluding carboxylic acids is 1. The monoisotopic (exact) mass is 266 g/mol. The molecule has 106 valence electrons. The highest BCUT2D eigenvalue weighted by Gasteiger charge is 2.09. The average molecular weight is 266 g/mol. The van der Waals surface area contributed by atoms with Crippen molar-refractivity contribution >= 4 is 5.91 Å². The molecule has 0 unspecified atom stereocenters. The average Bonchev–Trinajstić information content (AvgIpc) is 2.43. The van der Waals surface area contributed by atoms with E-state index in [0.29, 0.717) is 23.7 Å². The smallest absolute Gasteiger partial charge is 0.248 e. The number of carbonyl (C=O) groups is 1. The summed E-state index contributed by atoms with van der Waals surface area (Å²) in [6.07, 6.45) is 0. The van der Waals surface area contributed by atoms with Gasteiger partial charge in [0.05, 0.1) is 7.11 Å². The van der Waals surface area contributed by atoms with Crippen LogP contribution in [0.5, 0.6) is 11.5 Å². The van der Waals surface area contributed by atoms with Crippen LogP contribution in [-0.2, 0) is 0 Å². The predicted octanol–water partition coefficient (Wildman–Crippen LogP) is 1.51. The first-order valence-corrected chi connectivity index (χ1v) is 6.45. The molecule has 0 aliphatic carbocycles. The second-order valence-electron chi connectivity index (χ2n) is 4.11. The van der Waals surface area contributed by atoms with Crippen molar-refractivity contribution in [1.82, 2.24) is 4.90 Å². The molecule has 0 heterocycles. The Balaban J connectivity index is 2.65. The number of likely N-dealkylation sites (N-methyl/N-ethyl adjacent to an activating group) is 1. The van der Waals surface area contributed by atoms with Crippen molar-refractivity contribution in [2.45, 2.75) is 13.8 Å². The molecule has 2 N–H and O–H groups in total. The van der Waals surface area contributed by atoms with E-state index in [1.54, 1.807) is 18.2 Å². The molecule has 0 spiro atoms. The normalized spacial score (nSPS) is 10.5. The number of ether oxygens (including phenoxy) is 2. The Morgan fingerprint density at radius 2 is 1.95 bits per heavy atom. The lowest BCUT2D eigenvalue weighted by molar-refractivity contribution is 0.1000. The zero-order chi connectivity index (χ0) is 14.3. The van der Waals surface area contributed by atoms with E-state index in [1.165, 1.54) is 7.11 Å². The lowest BCUT2D eigenvalue weighted by Gasteiger charge is -2.18. The molecule has 1 amide bonds. The second kappa shape index (κ2) is 7.63. The van der Waals surface area contributed by atoms with Gasteiger partial charge in [0.2, 0.25) is 5.91 Å². The summed E-state index contributed by atoms with van der Waals surface area (Å²) in [5, 5.41) is 0. The summed E-state index contributed by atoms with van der Waals surface area (Å²) in [5.41, 5.74) is 5.63. The maximum absolute atomic E-state index is 11.1. The standard InChI is InChI=1S/C14H22N2O3/c1-4-16(5-2)8-9-19-12-7-6-11(14(15)17)10-13(12)18-3/h6-7,10H,4-5,8-9H2,1-3H3,(H2,15,17). The van der Waals surface area contributed by atoms with Crippen LogP contribution in [0.4, 0.5) is 0 Å². The molecule has 0 fully saturated rings. The molecule has 1 rings (SSSR count). The van der Waals surface area contributed by atoms with Gasteiger partial charge in [0.15, 0.2) is 11.5 Å². The maximum atomic E-state index is 11.1. The highest BCUT2D eigenvalue weighted by atomic mass is 16.5. The van der Waals surface area contributed by atoms with Crippen LogP contribution in [-0.4, -0.2) is 44.2 Å². The van der Waals surface area contributed by atoms with Gasteiger partial charge in [-0.25, -0.2) is 0 Å². The van der Waals surface area contributed by atoms with Gasteiger partial charge in [-0.2, -0.15) is 0 Å². The van der Waals surface area contributed by atoms with E-state index < -0.39 is 5.91 Å². The minimum Gasteiger partial charge on any atom is -0.493 e. The van der Waals surface area contributed by atoms with E-state index in [-0.39, 0.29) is 0 Å². The summed E-state index contributed by atoms with van der Waals surface area (Å²) in [7, 11) is 1.54.